The molecule has 10 heteroatoms. The van der Waals surface area contributed by atoms with E-state index >= 15 is 0 Å². The molecule has 0 bridgehead atoms. The number of hydrogen-bond acceptors (Lipinski definition) is 8. The number of primary amides is 1. The Kier molecular flexibility index (Phi) is 6.55. The molecule has 4 N–H and O–H groups in total. The van der Waals surface area contributed by atoms with E-state index in [0.717, 1.165) is 35.2 Å². The summed E-state index contributed by atoms with van der Waals surface area (Å²) < 4.78 is 1.08. The highest BCUT2D eigenvalue weighted by atomic mass is 79.9. The number of benzene rings is 2. The van der Waals surface area contributed by atoms with Gasteiger partial charge in [0.2, 0.25) is 17.8 Å². The number of nitrogens with two attached hydrogens (primary N) is 1. The molecule has 0 spiro atoms. The zero-order valence-corrected chi connectivity index (χ0v) is 19.9. The molecular weight excluding hydrogens is 486 g/mol. The maximum atomic E-state index is 11.7. The molecule has 1 atom stereocenters. The Balaban J connectivity index is 1.53. The summed E-state index contributed by atoms with van der Waals surface area (Å²) in [6.07, 6.45) is 2.39. The van der Waals surface area contributed by atoms with Gasteiger partial charge in [0.05, 0.1) is 0 Å². The molecule has 0 radical (unpaired) electrons. The highest BCUT2D eigenvalue weighted by molar-refractivity contribution is 9.10. The number of nitrogens with one attached hydrogen (secondary N) is 2. The van der Waals surface area contributed by atoms with E-state index in [0.29, 0.717) is 17.6 Å². The SMILES string of the molecule is CC(=O)C(Nc1cccc(Nc2ncnc(N3CCc4cc(Br)ccc4C3)n2)c1C)C(N)=O. The molecule has 2 aromatic carbocycles. The standard InChI is InChI=1S/C23H24BrN7O2/c1-13-18(28-20(14(2)32)21(25)33)4-3-5-19(13)29-22-26-12-27-23(30-22)31-9-8-15-10-17(24)7-6-16(15)11-31/h3-7,10,12,20,28H,8-9,11H2,1-2H3,(H2,25,33)(H,26,27,29,30). The highest BCUT2D eigenvalue weighted by Crippen LogP contribution is 2.28. The fourth-order valence-electron chi connectivity index (χ4n) is 3.77. The lowest BCUT2D eigenvalue weighted by atomic mass is 10.0. The number of rotatable bonds is 7. The van der Waals surface area contributed by atoms with Gasteiger partial charge in [-0.25, -0.2) is 9.97 Å². The van der Waals surface area contributed by atoms with Gasteiger partial charge in [-0.3, -0.25) is 9.59 Å². The molecule has 0 aliphatic carbocycles. The van der Waals surface area contributed by atoms with Crippen molar-refractivity contribution in [3.05, 3.63) is 63.9 Å². The smallest absolute Gasteiger partial charge is 0.247 e. The van der Waals surface area contributed by atoms with Gasteiger partial charge < -0.3 is 21.3 Å². The van der Waals surface area contributed by atoms with E-state index in [4.69, 9.17) is 5.73 Å². The van der Waals surface area contributed by atoms with Gasteiger partial charge in [0, 0.05) is 28.9 Å². The van der Waals surface area contributed by atoms with Crippen molar-refractivity contribution in [1.82, 2.24) is 15.0 Å². The predicted molar refractivity (Wildman–Crippen MR) is 130 cm³/mol. The summed E-state index contributed by atoms with van der Waals surface area (Å²) in [5, 5.41) is 6.13. The molecule has 1 aliphatic rings. The number of Topliss-reactive ketones (excluding diaryl/α,β-unsaturated/α-hetero) is 1. The van der Waals surface area contributed by atoms with E-state index in [9.17, 15) is 9.59 Å². The van der Waals surface area contributed by atoms with Gasteiger partial charge in [0.15, 0.2) is 11.8 Å². The van der Waals surface area contributed by atoms with Gasteiger partial charge in [-0.2, -0.15) is 4.98 Å². The number of carbonyl (C=O) groups is 2. The zero-order chi connectivity index (χ0) is 23.5. The van der Waals surface area contributed by atoms with Crippen molar-refractivity contribution >= 4 is 50.9 Å². The number of nitrogens with zero attached hydrogens (tertiary/aromatic N) is 4. The largest absolute Gasteiger partial charge is 0.367 e. The molecule has 1 amide bonds. The average Bonchev–Trinajstić information content (AvgIpc) is 2.79. The van der Waals surface area contributed by atoms with Crippen LogP contribution in [0.1, 0.15) is 23.6 Å². The van der Waals surface area contributed by atoms with Crippen LogP contribution in [-0.4, -0.2) is 39.2 Å². The van der Waals surface area contributed by atoms with Crippen LogP contribution in [0.15, 0.2) is 47.2 Å². The minimum atomic E-state index is -1.09. The van der Waals surface area contributed by atoms with Crippen molar-refractivity contribution in [2.24, 2.45) is 5.73 Å². The zero-order valence-electron chi connectivity index (χ0n) is 18.3. The summed E-state index contributed by atoms with van der Waals surface area (Å²) in [6.45, 7) is 4.73. The Bertz CT molecular complexity index is 1200. The Morgan fingerprint density at radius 2 is 1.94 bits per heavy atom. The number of aromatic nitrogens is 3. The summed E-state index contributed by atoms with van der Waals surface area (Å²) in [4.78, 5) is 38.7. The van der Waals surface area contributed by atoms with Gasteiger partial charge in [0.25, 0.3) is 0 Å². The Labute approximate surface area is 200 Å². The number of carbonyl (C=O) groups excluding carboxylic acids is 2. The summed E-state index contributed by atoms with van der Waals surface area (Å²) in [5.41, 5.74) is 10.1. The van der Waals surface area contributed by atoms with Gasteiger partial charge in [-0.05, 0) is 61.2 Å². The molecule has 2 heterocycles. The summed E-state index contributed by atoms with van der Waals surface area (Å²) in [5.74, 6) is -0.0751. The lowest BCUT2D eigenvalue weighted by molar-refractivity contribution is -0.126. The first-order chi connectivity index (χ1) is 15.8. The molecule has 170 valence electrons. The lowest BCUT2D eigenvalue weighted by Gasteiger charge is -2.29. The Morgan fingerprint density at radius 1 is 1.15 bits per heavy atom. The third-order valence-electron chi connectivity index (χ3n) is 5.59. The average molecular weight is 510 g/mol. The second kappa shape index (κ2) is 9.53. The number of amides is 1. The van der Waals surface area contributed by atoms with Crippen LogP contribution in [-0.2, 0) is 22.6 Å². The van der Waals surface area contributed by atoms with Gasteiger partial charge in [-0.1, -0.05) is 28.1 Å². The normalized spacial score (nSPS) is 13.7. The van der Waals surface area contributed by atoms with Crippen molar-refractivity contribution in [1.29, 1.82) is 0 Å². The van der Waals surface area contributed by atoms with Crippen molar-refractivity contribution < 1.29 is 9.59 Å². The first-order valence-corrected chi connectivity index (χ1v) is 11.3. The molecule has 0 saturated carbocycles. The first-order valence-electron chi connectivity index (χ1n) is 10.5. The fourth-order valence-corrected chi connectivity index (χ4v) is 4.18. The third kappa shape index (κ3) is 5.11. The molecule has 9 nitrogen and oxygen atoms in total. The molecule has 1 unspecified atom stereocenters. The second-order valence-electron chi connectivity index (χ2n) is 7.89. The molecule has 0 fully saturated rings. The number of ketones is 1. The van der Waals surface area contributed by atoms with Crippen LogP contribution in [0.2, 0.25) is 0 Å². The van der Waals surface area contributed by atoms with Crippen LogP contribution >= 0.6 is 15.9 Å². The fraction of sp³-hybridized carbons (Fsp3) is 0.261. The molecule has 1 aliphatic heterocycles. The Hall–Kier alpha value is -3.53. The molecule has 0 saturated heterocycles. The highest BCUT2D eigenvalue weighted by Gasteiger charge is 2.22. The van der Waals surface area contributed by atoms with E-state index in [1.165, 1.54) is 24.4 Å². The number of fused-ring (bicyclic) bond motifs is 1. The third-order valence-corrected chi connectivity index (χ3v) is 6.09. The van der Waals surface area contributed by atoms with Crippen LogP contribution < -0.4 is 21.3 Å². The minimum Gasteiger partial charge on any atom is -0.367 e. The second-order valence-corrected chi connectivity index (χ2v) is 8.80. The van der Waals surface area contributed by atoms with Crippen LogP contribution in [0, 0.1) is 6.92 Å². The lowest BCUT2D eigenvalue weighted by Crippen LogP contribution is -2.41. The van der Waals surface area contributed by atoms with Crippen LogP contribution in [0.4, 0.5) is 23.3 Å². The number of halogens is 1. The quantitative estimate of drug-likeness (QED) is 0.414. The van der Waals surface area contributed by atoms with Crippen molar-refractivity contribution in [3.63, 3.8) is 0 Å². The van der Waals surface area contributed by atoms with Crippen LogP contribution in [0.25, 0.3) is 0 Å². The molecule has 4 rings (SSSR count). The van der Waals surface area contributed by atoms with Gasteiger partial charge in [0.1, 0.15) is 6.33 Å². The summed E-state index contributed by atoms with van der Waals surface area (Å²) >= 11 is 3.53. The van der Waals surface area contributed by atoms with E-state index in [-0.39, 0.29) is 5.78 Å². The van der Waals surface area contributed by atoms with E-state index in [1.54, 1.807) is 12.1 Å². The van der Waals surface area contributed by atoms with Crippen molar-refractivity contribution in [2.75, 3.05) is 22.1 Å². The maximum Gasteiger partial charge on any atom is 0.247 e. The molecule has 33 heavy (non-hydrogen) atoms. The van der Waals surface area contributed by atoms with E-state index in [1.807, 2.05) is 19.1 Å². The maximum absolute atomic E-state index is 11.7. The first kappa shape index (κ1) is 22.7. The molecule has 3 aromatic rings. The summed E-state index contributed by atoms with van der Waals surface area (Å²) in [7, 11) is 0. The van der Waals surface area contributed by atoms with E-state index < -0.39 is 11.9 Å². The minimum absolute atomic E-state index is 0.349. The van der Waals surface area contributed by atoms with Gasteiger partial charge in [-0.15, -0.1) is 0 Å². The monoisotopic (exact) mass is 509 g/mol. The topological polar surface area (TPSA) is 126 Å². The van der Waals surface area contributed by atoms with Crippen molar-refractivity contribution in [2.45, 2.75) is 32.9 Å². The van der Waals surface area contributed by atoms with E-state index in [2.05, 4.69) is 58.5 Å². The van der Waals surface area contributed by atoms with Crippen molar-refractivity contribution in [3.8, 4) is 0 Å². The summed E-state index contributed by atoms with van der Waals surface area (Å²) in [6, 6.07) is 10.7. The molecule has 1 aromatic heterocycles. The Morgan fingerprint density at radius 3 is 2.70 bits per heavy atom. The van der Waals surface area contributed by atoms with Crippen LogP contribution in [0.3, 0.4) is 0 Å². The van der Waals surface area contributed by atoms with Gasteiger partial charge >= 0.3 is 0 Å². The molecular formula is C23H24BrN7O2. The number of anilines is 4. The number of hydrogen-bond donors (Lipinski definition) is 3. The van der Waals surface area contributed by atoms with Crippen LogP contribution in [0.5, 0.6) is 0 Å². The predicted octanol–water partition coefficient (Wildman–Crippen LogP) is 3.10.